The largest absolute Gasteiger partial charge is 0.382 e. The molecule has 2 heterocycles. The van der Waals surface area contributed by atoms with Gasteiger partial charge in [0.2, 0.25) is 0 Å². The fraction of sp³-hybridized carbons (Fsp3) is 0.538. The molecule has 0 amide bonds. The summed E-state index contributed by atoms with van der Waals surface area (Å²) in [6.07, 6.45) is 2.76. The standard InChI is InChI=1S/C13H18N4S2/c1-7(9-3-4-9)5-15-12-10(11(14)17-19-12)13-16-8(2)6-18-13/h6-7,9,15H,3-5H2,1-2H3,(H2,14,17). The summed E-state index contributed by atoms with van der Waals surface area (Å²) in [7, 11) is 0. The van der Waals surface area contributed by atoms with Crippen molar-refractivity contribution in [2.45, 2.75) is 26.7 Å². The molecule has 4 nitrogen and oxygen atoms in total. The summed E-state index contributed by atoms with van der Waals surface area (Å²) in [6, 6.07) is 0. The molecule has 1 fully saturated rings. The minimum Gasteiger partial charge on any atom is -0.382 e. The van der Waals surface area contributed by atoms with Crippen molar-refractivity contribution < 1.29 is 0 Å². The van der Waals surface area contributed by atoms with Gasteiger partial charge in [-0.3, -0.25) is 0 Å². The average molecular weight is 294 g/mol. The van der Waals surface area contributed by atoms with E-state index in [1.807, 2.05) is 12.3 Å². The Hall–Kier alpha value is -1.14. The Bertz CT molecular complexity index is 571. The van der Waals surface area contributed by atoms with Crippen LogP contribution in [0.4, 0.5) is 10.8 Å². The van der Waals surface area contributed by atoms with E-state index in [0.717, 1.165) is 33.7 Å². The third-order valence-corrected chi connectivity index (χ3v) is 5.36. The van der Waals surface area contributed by atoms with Crippen LogP contribution in [0.25, 0.3) is 10.6 Å². The van der Waals surface area contributed by atoms with Crippen LogP contribution in [-0.4, -0.2) is 15.9 Å². The Morgan fingerprint density at radius 1 is 1.53 bits per heavy atom. The lowest BCUT2D eigenvalue weighted by Gasteiger charge is -2.11. The van der Waals surface area contributed by atoms with Crippen LogP contribution >= 0.6 is 22.9 Å². The van der Waals surface area contributed by atoms with Gasteiger partial charge in [-0.2, -0.15) is 4.37 Å². The van der Waals surface area contributed by atoms with Crippen molar-refractivity contribution >= 4 is 33.7 Å². The highest BCUT2D eigenvalue weighted by Gasteiger charge is 2.28. The minimum atomic E-state index is 0.584. The van der Waals surface area contributed by atoms with Gasteiger partial charge in [0.1, 0.15) is 15.8 Å². The number of nitrogens with zero attached hydrogens (tertiary/aromatic N) is 2. The Balaban J connectivity index is 1.78. The highest BCUT2D eigenvalue weighted by atomic mass is 32.1. The van der Waals surface area contributed by atoms with Crippen molar-refractivity contribution in [2.75, 3.05) is 17.6 Å². The maximum Gasteiger partial charge on any atom is 0.149 e. The number of nitrogens with one attached hydrogen (secondary N) is 1. The van der Waals surface area contributed by atoms with Gasteiger partial charge in [-0.05, 0) is 43.1 Å². The van der Waals surface area contributed by atoms with Gasteiger partial charge in [0.25, 0.3) is 0 Å². The van der Waals surface area contributed by atoms with Crippen LogP contribution in [-0.2, 0) is 0 Å². The molecule has 102 valence electrons. The topological polar surface area (TPSA) is 63.8 Å². The van der Waals surface area contributed by atoms with E-state index in [2.05, 4.69) is 21.6 Å². The van der Waals surface area contributed by atoms with Crippen LogP contribution in [0, 0.1) is 18.8 Å². The smallest absolute Gasteiger partial charge is 0.149 e. The second-order valence-corrected chi connectivity index (χ2v) is 6.89. The van der Waals surface area contributed by atoms with E-state index in [1.165, 1.54) is 24.4 Å². The molecule has 3 N–H and O–H groups in total. The van der Waals surface area contributed by atoms with E-state index in [0.29, 0.717) is 11.7 Å². The van der Waals surface area contributed by atoms with Gasteiger partial charge in [-0.15, -0.1) is 11.3 Å². The van der Waals surface area contributed by atoms with Gasteiger partial charge < -0.3 is 11.1 Å². The van der Waals surface area contributed by atoms with Crippen LogP contribution in [0.3, 0.4) is 0 Å². The maximum absolute atomic E-state index is 5.99. The SMILES string of the molecule is Cc1csc(-c2c(N)nsc2NCC(C)C2CC2)n1. The third kappa shape index (κ3) is 2.74. The molecule has 0 saturated heterocycles. The predicted octanol–water partition coefficient (Wildman–Crippen LogP) is 3.62. The van der Waals surface area contributed by atoms with Crippen LogP contribution in [0.15, 0.2) is 5.38 Å². The minimum absolute atomic E-state index is 0.584. The molecular formula is C13H18N4S2. The van der Waals surface area contributed by atoms with Crippen LogP contribution in [0.2, 0.25) is 0 Å². The van der Waals surface area contributed by atoms with Crippen molar-refractivity contribution in [3.05, 3.63) is 11.1 Å². The normalized spacial score (nSPS) is 16.5. The molecule has 2 aromatic rings. The van der Waals surface area contributed by atoms with Gasteiger partial charge in [-0.1, -0.05) is 6.92 Å². The lowest BCUT2D eigenvalue weighted by atomic mass is 10.1. The number of aryl methyl sites for hydroxylation is 1. The molecule has 3 rings (SSSR count). The van der Waals surface area contributed by atoms with E-state index in [9.17, 15) is 0 Å². The first-order valence-corrected chi connectivity index (χ1v) is 8.22. The lowest BCUT2D eigenvalue weighted by Crippen LogP contribution is -2.12. The number of hydrogen-bond donors (Lipinski definition) is 2. The van der Waals surface area contributed by atoms with Gasteiger partial charge in [0.05, 0.1) is 5.56 Å². The number of rotatable bonds is 5. The van der Waals surface area contributed by atoms with Crippen LogP contribution < -0.4 is 11.1 Å². The van der Waals surface area contributed by atoms with Gasteiger partial charge >= 0.3 is 0 Å². The zero-order valence-electron chi connectivity index (χ0n) is 11.1. The van der Waals surface area contributed by atoms with E-state index in [1.54, 1.807) is 11.3 Å². The molecule has 2 aromatic heterocycles. The summed E-state index contributed by atoms with van der Waals surface area (Å²) in [4.78, 5) is 4.51. The number of thiazole rings is 1. The van der Waals surface area contributed by atoms with Crippen molar-refractivity contribution in [3.8, 4) is 10.6 Å². The molecule has 0 aliphatic heterocycles. The molecule has 1 aliphatic carbocycles. The predicted molar refractivity (Wildman–Crippen MR) is 82.7 cm³/mol. The zero-order chi connectivity index (χ0) is 13.4. The maximum atomic E-state index is 5.99. The first-order valence-electron chi connectivity index (χ1n) is 6.56. The van der Waals surface area contributed by atoms with E-state index in [4.69, 9.17) is 5.73 Å². The number of anilines is 2. The molecule has 0 spiro atoms. The Morgan fingerprint density at radius 2 is 2.32 bits per heavy atom. The summed E-state index contributed by atoms with van der Waals surface area (Å²) in [6.45, 7) is 5.30. The monoisotopic (exact) mass is 294 g/mol. The molecule has 6 heteroatoms. The highest BCUT2D eigenvalue weighted by molar-refractivity contribution is 7.15. The highest BCUT2D eigenvalue weighted by Crippen LogP contribution is 2.40. The molecule has 1 unspecified atom stereocenters. The van der Waals surface area contributed by atoms with Crippen molar-refractivity contribution in [1.29, 1.82) is 0 Å². The molecular weight excluding hydrogens is 276 g/mol. The average Bonchev–Trinajstić information content (AvgIpc) is 3.06. The van der Waals surface area contributed by atoms with Crippen LogP contribution in [0.1, 0.15) is 25.5 Å². The number of aromatic nitrogens is 2. The van der Waals surface area contributed by atoms with Gasteiger partial charge in [-0.25, -0.2) is 4.98 Å². The summed E-state index contributed by atoms with van der Waals surface area (Å²) in [5.74, 6) is 2.21. The third-order valence-electron chi connectivity index (χ3n) is 3.56. The van der Waals surface area contributed by atoms with Gasteiger partial charge in [0.15, 0.2) is 0 Å². The molecule has 0 radical (unpaired) electrons. The summed E-state index contributed by atoms with van der Waals surface area (Å²) < 4.78 is 4.26. The molecule has 0 aromatic carbocycles. The van der Waals surface area contributed by atoms with E-state index < -0.39 is 0 Å². The number of nitrogen functional groups attached to an aromatic ring is 1. The molecule has 1 atom stereocenters. The molecule has 0 bridgehead atoms. The summed E-state index contributed by atoms with van der Waals surface area (Å²) in [5.41, 5.74) is 8.00. The first kappa shape index (κ1) is 12.9. The lowest BCUT2D eigenvalue weighted by molar-refractivity contribution is 0.537. The Kier molecular flexibility index (Phi) is 3.45. The fourth-order valence-corrected chi connectivity index (χ4v) is 3.83. The summed E-state index contributed by atoms with van der Waals surface area (Å²) >= 11 is 3.06. The van der Waals surface area contributed by atoms with Crippen molar-refractivity contribution in [2.24, 2.45) is 11.8 Å². The Labute approximate surface area is 121 Å². The second kappa shape index (κ2) is 5.09. The van der Waals surface area contributed by atoms with Crippen LogP contribution in [0.5, 0.6) is 0 Å². The van der Waals surface area contributed by atoms with E-state index >= 15 is 0 Å². The second-order valence-electron chi connectivity index (χ2n) is 5.26. The number of nitrogens with two attached hydrogens (primary N) is 1. The zero-order valence-corrected chi connectivity index (χ0v) is 12.8. The molecule has 19 heavy (non-hydrogen) atoms. The quantitative estimate of drug-likeness (QED) is 0.884. The summed E-state index contributed by atoms with van der Waals surface area (Å²) in [5, 5.41) is 7.57. The fourth-order valence-electron chi connectivity index (χ4n) is 2.18. The molecule has 1 aliphatic rings. The van der Waals surface area contributed by atoms with E-state index in [-0.39, 0.29) is 0 Å². The van der Waals surface area contributed by atoms with Gasteiger partial charge in [0, 0.05) is 17.6 Å². The number of hydrogen-bond acceptors (Lipinski definition) is 6. The first-order chi connectivity index (χ1) is 9.15. The van der Waals surface area contributed by atoms with Crippen molar-refractivity contribution in [3.63, 3.8) is 0 Å². The van der Waals surface area contributed by atoms with Crippen molar-refractivity contribution in [1.82, 2.24) is 9.36 Å². The Morgan fingerprint density at radius 3 is 2.95 bits per heavy atom. The molecule has 1 saturated carbocycles.